The Morgan fingerprint density at radius 1 is 1.29 bits per heavy atom. The Morgan fingerprint density at radius 3 is 2.58 bits per heavy atom. The average molecular weight is 322 g/mol. The van der Waals surface area contributed by atoms with Crippen LogP contribution < -0.4 is 15.4 Å². The summed E-state index contributed by atoms with van der Waals surface area (Å²) >= 11 is 0. The summed E-state index contributed by atoms with van der Waals surface area (Å²) in [6.45, 7) is 4.04. The van der Waals surface area contributed by atoms with E-state index in [-0.39, 0.29) is 11.8 Å². The molecule has 0 saturated carbocycles. The minimum Gasteiger partial charge on any atom is -0.490 e. The lowest BCUT2D eigenvalue weighted by Gasteiger charge is -2.11. The van der Waals surface area contributed by atoms with E-state index < -0.39 is 0 Å². The largest absolute Gasteiger partial charge is 0.490 e. The summed E-state index contributed by atoms with van der Waals surface area (Å²) in [4.78, 5) is 14.0. The minimum absolute atomic E-state index is 0.0676. The maximum Gasteiger partial charge on any atom is 0.230 e. The molecule has 0 unspecified atom stereocenters. The molecule has 122 valence electrons. The number of hydrogen-bond acceptors (Lipinski definition) is 7. The number of anilines is 2. The number of benzene rings is 1. The molecular formula is C17H18N6O. The standard InChI is InChI=1S/C17H18N6O/c1-4-9-24-14-7-5-12(6-8-14)10-13(11-18)15-20-16(19)22-17(21-15)23(2)3/h4-8,10H,1,9H2,2-3H3,(H2,19,20,21,22)/b13-10+. The average Bonchev–Trinajstić information content (AvgIpc) is 2.58. The van der Waals surface area contributed by atoms with Crippen LogP contribution in [0.25, 0.3) is 11.6 Å². The van der Waals surface area contributed by atoms with Crippen LogP contribution in [0.15, 0.2) is 36.9 Å². The van der Waals surface area contributed by atoms with Gasteiger partial charge < -0.3 is 15.4 Å². The van der Waals surface area contributed by atoms with Gasteiger partial charge in [0.2, 0.25) is 11.9 Å². The number of ether oxygens (including phenoxy) is 1. The molecule has 0 aliphatic carbocycles. The number of aromatic nitrogens is 3. The van der Waals surface area contributed by atoms with Crippen molar-refractivity contribution in [2.45, 2.75) is 0 Å². The fourth-order valence-electron chi connectivity index (χ4n) is 1.83. The van der Waals surface area contributed by atoms with Crippen LogP contribution >= 0.6 is 0 Å². The number of allylic oxidation sites excluding steroid dienone is 1. The Balaban J connectivity index is 2.32. The van der Waals surface area contributed by atoms with Crippen LogP contribution in [0.2, 0.25) is 0 Å². The highest BCUT2D eigenvalue weighted by atomic mass is 16.5. The zero-order valence-electron chi connectivity index (χ0n) is 13.6. The van der Waals surface area contributed by atoms with Gasteiger partial charge >= 0.3 is 0 Å². The van der Waals surface area contributed by atoms with Crippen molar-refractivity contribution < 1.29 is 4.74 Å². The van der Waals surface area contributed by atoms with E-state index in [1.165, 1.54) is 0 Å². The first-order valence-corrected chi connectivity index (χ1v) is 7.18. The summed E-state index contributed by atoms with van der Waals surface area (Å²) in [5.74, 6) is 1.43. The molecule has 0 spiro atoms. The van der Waals surface area contributed by atoms with Gasteiger partial charge in [-0.05, 0) is 23.8 Å². The second-order valence-electron chi connectivity index (χ2n) is 5.05. The van der Waals surface area contributed by atoms with Crippen molar-refractivity contribution in [2.75, 3.05) is 31.3 Å². The second-order valence-corrected chi connectivity index (χ2v) is 5.05. The van der Waals surface area contributed by atoms with E-state index in [0.717, 1.165) is 11.3 Å². The number of nitriles is 1. The van der Waals surface area contributed by atoms with E-state index >= 15 is 0 Å². The van der Waals surface area contributed by atoms with Gasteiger partial charge in [0, 0.05) is 14.1 Å². The van der Waals surface area contributed by atoms with Gasteiger partial charge in [0.1, 0.15) is 18.4 Å². The third-order valence-corrected chi connectivity index (χ3v) is 2.96. The molecule has 7 nitrogen and oxygen atoms in total. The lowest BCUT2D eigenvalue weighted by atomic mass is 10.1. The predicted molar refractivity (Wildman–Crippen MR) is 94.2 cm³/mol. The van der Waals surface area contributed by atoms with Crippen LogP contribution in [0.1, 0.15) is 11.4 Å². The van der Waals surface area contributed by atoms with Gasteiger partial charge in [0.25, 0.3) is 0 Å². The molecule has 2 aromatic rings. The number of rotatable bonds is 6. The topological polar surface area (TPSA) is 101 Å². The van der Waals surface area contributed by atoms with Crippen molar-refractivity contribution in [3.63, 3.8) is 0 Å². The lowest BCUT2D eigenvalue weighted by molar-refractivity contribution is 0.363. The fourth-order valence-corrected chi connectivity index (χ4v) is 1.83. The molecule has 0 aliphatic rings. The summed E-state index contributed by atoms with van der Waals surface area (Å²) in [5.41, 5.74) is 6.82. The van der Waals surface area contributed by atoms with Crippen LogP contribution in [0.4, 0.5) is 11.9 Å². The molecule has 0 fully saturated rings. The Hall–Kier alpha value is -3.40. The van der Waals surface area contributed by atoms with Crippen LogP contribution in [0, 0.1) is 11.3 Å². The molecule has 1 heterocycles. The Labute approximate surface area is 140 Å². The van der Waals surface area contributed by atoms with Crippen molar-refractivity contribution in [3.05, 3.63) is 48.3 Å². The summed E-state index contributed by atoms with van der Waals surface area (Å²) < 4.78 is 5.43. The molecule has 2 rings (SSSR count). The molecule has 2 N–H and O–H groups in total. The van der Waals surface area contributed by atoms with Crippen molar-refractivity contribution >= 4 is 23.5 Å². The van der Waals surface area contributed by atoms with Gasteiger partial charge in [-0.1, -0.05) is 24.8 Å². The third kappa shape index (κ3) is 4.30. The maximum absolute atomic E-state index is 9.42. The Bertz CT molecular complexity index is 790. The van der Waals surface area contributed by atoms with Gasteiger partial charge in [-0.15, -0.1) is 0 Å². The first-order valence-electron chi connectivity index (χ1n) is 7.18. The van der Waals surface area contributed by atoms with Crippen LogP contribution in [-0.4, -0.2) is 35.7 Å². The summed E-state index contributed by atoms with van der Waals surface area (Å²) in [5, 5.41) is 9.42. The van der Waals surface area contributed by atoms with Crippen LogP contribution in [0.3, 0.4) is 0 Å². The summed E-state index contributed by atoms with van der Waals surface area (Å²) in [6.07, 6.45) is 3.36. The van der Waals surface area contributed by atoms with Gasteiger partial charge in [0.05, 0.1) is 5.57 Å². The predicted octanol–water partition coefficient (Wildman–Crippen LogP) is 2.15. The summed E-state index contributed by atoms with van der Waals surface area (Å²) in [6, 6.07) is 9.41. The molecule has 1 aromatic heterocycles. The molecular weight excluding hydrogens is 304 g/mol. The van der Waals surface area contributed by atoms with Crippen LogP contribution in [-0.2, 0) is 0 Å². The van der Waals surface area contributed by atoms with E-state index in [1.54, 1.807) is 31.1 Å². The highest BCUT2D eigenvalue weighted by molar-refractivity contribution is 5.87. The van der Waals surface area contributed by atoms with E-state index in [1.807, 2.05) is 24.3 Å². The molecule has 0 bridgehead atoms. The smallest absolute Gasteiger partial charge is 0.230 e. The fraction of sp³-hybridized carbons (Fsp3) is 0.176. The van der Waals surface area contributed by atoms with Gasteiger partial charge in [0.15, 0.2) is 5.82 Å². The van der Waals surface area contributed by atoms with Crippen molar-refractivity contribution in [3.8, 4) is 11.8 Å². The van der Waals surface area contributed by atoms with E-state index in [2.05, 4.69) is 27.6 Å². The Kier molecular flexibility index (Phi) is 5.47. The minimum atomic E-state index is 0.0676. The lowest BCUT2D eigenvalue weighted by Crippen LogP contribution is -2.15. The van der Waals surface area contributed by atoms with Crippen molar-refractivity contribution in [2.24, 2.45) is 0 Å². The Morgan fingerprint density at radius 2 is 2.00 bits per heavy atom. The van der Waals surface area contributed by atoms with E-state index in [4.69, 9.17) is 10.5 Å². The highest BCUT2D eigenvalue weighted by Crippen LogP contribution is 2.19. The normalized spacial score (nSPS) is 10.8. The van der Waals surface area contributed by atoms with Gasteiger partial charge in [-0.2, -0.15) is 20.2 Å². The number of nitrogens with two attached hydrogens (primary N) is 1. The molecule has 0 aliphatic heterocycles. The monoisotopic (exact) mass is 322 g/mol. The molecule has 7 heteroatoms. The molecule has 1 aromatic carbocycles. The van der Waals surface area contributed by atoms with Crippen molar-refractivity contribution in [1.29, 1.82) is 5.26 Å². The van der Waals surface area contributed by atoms with Gasteiger partial charge in [-0.25, -0.2) is 0 Å². The summed E-state index contributed by atoms with van der Waals surface area (Å²) in [7, 11) is 3.58. The first kappa shape index (κ1) is 17.0. The number of hydrogen-bond donors (Lipinski definition) is 1. The maximum atomic E-state index is 9.42. The van der Waals surface area contributed by atoms with E-state index in [0.29, 0.717) is 18.1 Å². The van der Waals surface area contributed by atoms with Crippen LogP contribution in [0.5, 0.6) is 5.75 Å². The van der Waals surface area contributed by atoms with Gasteiger partial charge in [-0.3, -0.25) is 0 Å². The number of nitrogens with zero attached hydrogens (tertiary/aromatic N) is 5. The quantitative estimate of drug-likeness (QED) is 0.642. The van der Waals surface area contributed by atoms with Crippen molar-refractivity contribution in [1.82, 2.24) is 15.0 Å². The zero-order valence-corrected chi connectivity index (χ0v) is 13.6. The second kappa shape index (κ2) is 7.74. The zero-order chi connectivity index (χ0) is 17.5. The molecule has 0 amide bonds. The molecule has 24 heavy (non-hydrogen) atoms. The molecule has 0 saturated heterocycles. The first-order chi connectivity index (χ1) is 11.5. The molecule has 0 atom stereocenters. The third-order valence-electron chi connectivity index (χ3n) is 2.96. The number of nitrogen functional groups attached to an aromatic ring is 1. The SMILES string of the molecule is C=CCOc1ccc(/C=C(\C#N)c2nc(N)nc(N(C)C)n2)cc1. The van der Waals surface area contributed by atoms with E-state index in [9.17, 15) is 5.26 Å². The highest BCUT2D eigenvalue weighted by Gasteiger charge is 2.10. The molecule has 0 radical (unpaired) electrons.